The lowest BCUT2D eigenvalue weighted by Crippen LogP contribution is -2.20. The highest BCUT2D eigenvalue weighted by Crippen LogP contribution is 2.27. The molecule has 0 saturated heterocycles. The van der Waals surface area contributed by atoms with Crippen molar-refractivity contribution in [1.29, 1.82) is 0 Å². The maximum Gasteiger partial charge on any atom is 0.422 e. The number of nitrogens with zero attached hydrogens (tertiary/aromatic N) is 1. The van der Waals surface area contributed by atoms with Crippen molar-refractivity contribution < 1.29 is 27.4 Å². The van der Waals surface area contributed by atoms with Crippen molar-refractivity contribution >= 4 is 22.9 Å². The number of aryl methyl sites for hydroxylation is 1. The topological polar surface area (TPSA) is 60.5 Å². The van der Waals surface area contributed by atoms with E-state index in [-0.39, 0.29) is 18.0 Å². The van der Waals surface area contributed by atoms with E-state index in [1.807, 2.05) is 12.3 Å². The Morgan fingerprint density at radius 2 is 1.93 bits per heavy atom. The Labute approximate surface area is 169 Å². The molecule has 1 amide bonds. The highest BCUT2D eigenvalue weighted by molar-refractivity contribution is 7.09. The lowest BCUT2D eigenvalue weighted by molar-refractivity contribution is -0.153. The van der Waals surface area contributed by atoms with Crippen LogP contribution in [0.4, 0.5) is 18.9 Å². The molecule has 0 saturated carbocycles. The second-order valence-electron chi connectivity index (χ2n) is 6.03. The number of hydrogen-bond acceptors (Lipinski definition) is 5. The third kappa shape index (κ3) is 6.21. The smallest absolute Gasteiger partial charge is 0.422 e. The largest absolute Gasteiger partial charge is 0.487 e. The minimum atomic E-state index is -4.47. The molecular formula is C20H17F3N2O3S. The fourth-order valence-electron chi connectivity index (χ4n) is 2.41. The molecule has 0 aliphatic carbocycles. The fourth-order valence-corrected chi connectivity index (χ4v) is 3.01. The summed E-state index contributed by atoms with van der Waals surface area (Å²) < 4.78 is 47.7. The molecule has 5 nitrogen and oxygen atoms in total. The van der Waals surface area contributed by atoms with Gasteiger partial charge in [-0.1, -0.05) is 18.2 Å². The molecule has 0 spiro atoms. The number of nitrogens with one attached hydrogen (secondary N) is 1. The molecule has 9 heteroatoms. The maximum atomic E-state index is 12.5. The van der Waals surface area contributed by atoms with Gasteiger partial charge in [0.25, 0.3) is 5.91 Å². The number of hydrogen-bond donors (Lipinski definition) is 1. The number of alkyl halides is 3. The Morgan fingerprint density at radius 3 is 2.66 bits per heavy atom. The van der Waals surface area contributed by atoms with Crippen LogP contribution in [0.1, 0.15) is 21.1 Å². The number of amides is 1. The summed E-state index contributed by atoms with van der Waals surface area (Å²) >= 11 is 1.52. The predicted octanol–water partition coefficient (Wildman–Crippen LogP) is 5.22. The van der Waals surface area contributed by atoms with Gasteiger partial charge in [0.05, 0.1) is 16.4 Å². The van der Waals surface area contributed by atoms with Gasteiger partial charge in [0.1, 0.15) is 18.1 Å². The molecule has 3 rings (SSSR count). The van der Waals surface area contributed by atoms with E-state index in [0.717, 1.165) is 10.7 Å². The second-order valence-corrected chi connectivity index (χ2v) is 7.09. The Kier molecular flexibility index (Phi) is 6.38. The van der Waals surface area contributed by atoms with E-state index in [9.17, 15) is 18.0 Å². The maximum absolute atomic E-state index is 12.5. The van der Waals surface area contributed by atoms with Crippen molar-refractivity contribution in [2.24, 2.45) is 0 Å². The van der Waals surface area contributed by atoms with Gasteiger partial charge in [-0.05, 0) is 37.3 Å². The SMILES string of the molecule is Cc1nc(COc2cccc(C(=O)Nc3ccccc3OCC(F)(F)F)c2)cs1. The molecule has 29 heavy (non-hydrogen) atoms. The monoisotopic (exact) mass is 422 g/mol. The summed E-state index contributed by atoms with van der Waals surface area (Å²) in [4.78, 5) is 16.8. The molecule has 0 atom stereocenters. The lowest BCUT2D eigenvalue weighted by atomic mass is 10.2. The first-order valence-electron chi connectivity index (χ1n) is 8.54. The van der Waals surface area contributed by atoms with Gasteiger partial charge in [-0.25, -0.2) is 4.98 Å². The van der Waals surface area contributed by atoms with Gasteiger partial charge >= 0.3 is 6.18 Å². The Balaban J connectivity index is 1.66. The van der Waals surface area contributed by atoms with Crippen LogP contribution in [-0.4, -0.2) is 23.7 Å². The molecule has 1 N–H and O–H groups in total. The summed E-state index contributed by atoms with van der Waals surface area (Å²) in [5.41, 5.74) is 1.23. The highest BCUT2D eigenvalue weighted by Gasteiger charge is 2.29. The highest BCUT2D eigenvalue weighted by atomic mass is 32.1. The summed E-state index contributed by atoms with van der Waals surface area (Å²) in [7, 11) is 0. The lowest BCUT2D eigenvalue weighted by Gasteiger charge is -2.14. The first-order chi connectivity index (χ1) is 13.8. The van der Waals surface area contributed by atoms with Gasteiger partial charge in [-0.3, -0.25) is 4.79 Å². The number of rotatable bonds is 7. The van der Waals surface area contributed by atoms with Crippen LogP contribution < -0.4 is 14.8 Å². The molecule has 0 aliphatic heterocycles. The van der Waals surface area contributed by atoms with Crippen LogP contribution in [0.3, 0.4) is 0 Å². The molecule has 2 aromatic carbocycles. The van der Waals surface area contributed by atoms with Crippen LogP contribution in [0.25, 0.3) is 0 Å². The summed E-state index contributed by atoms with van der Waals surface area (Å²) in [5, 5.41) is 5.40. The van der Waals surface area contributed by atoms with Gasteiger partial charge in [0.15, 0.2) is 6.61 Å². The van der Waals surface area contributed by atoms with Gasteiger partial charge < -0.3 is 14.8 Å². The fraction of sp³-hybridized carbons (Fsp3) is 0.200. The van der Waals surface area contributed by atoms with Crippen LogP contribution >= 0.6 is 11.3 Å². The standard InChI is InChI=1S/C20H17F3N2O3S/c1-13-24-15(11-29-13)10-27-16-6-4-5-14(9-16)19(26)25-17-7-2-3-8-18(17)28-12-20(21,22)23/h2-9,11H,10,12H2,1H3,(H,25,26). The van der Waals surface area contributed by atoms with Crippen molar-refractivity contribution in [3.05, 3.63) is 70.2 Å². The van der Waals surface area contributed by atoms with E-state index in [4.69, 9.17) is 9.47 Å². The van der Waals surface area contributed by atoms with E-state index in [1.165, 1.54) is 29.5 Å². The van der Waals surface area contributed by atoms with Gasteiger partial charge in [0, 0.05) is 10.9 Å². The van der Waals surface area contributed by atoms with Gasteiger partial charge in [-0.2, -0.15) is 13.2 Å². The van der Waals surface area contributed by atoms with Crippen molar-refractivity contribution in [3.8, 4) is 11.5 Å². The van der Waals surface area contributed by atoms with Crippen LogP contribution in [0.2, 0.25) is 0 Å². The Bertz CT molecular complexity index is 989. The van der Waals surface area contributed by atoms with E-state index in [1.54, 1.807) is 30.3 Å². The van der Waals surface area contributed by atoms with E-state index in [2.05, 4.69) is 10.3 Å². The molecule has 1 aromatic heterocycles. The number of thiazole rings is 1. The summed E-state index contributed by atoms with van der Waals surface area (Å²) in [6.45, 7) is 0.720. The molecule has 152 valence electrons. The quantitative estimate of drug-likeness (QED) is 0.567. The third-order valence-corrected chi connectivity index (χ3v) is 4.50. The number of aromatic nitrogens is 1. The molecular weight excluding hydrogens is 405 g/mol. The van der Waals surface area contributed by atoms with Crippen molar-refractivity contribution in [1.82, 2.24) is 4.98 Å². The van der Waals surface area contributed by atoms with Crippen molar-refractivity contribution in [2.45, 2.75) is 19.7 Å². The Hall–Kier alpha value is -3.07. The molecule has 0 bridgehead atoms. The summed E-state index contributed by atoms with van der Waals surface area (Å²) in [6, 6.07) is 12.4. The number of ether oxygens (including phenoxy) is 2. The number of para-hydroxylation sites is 2. The van der Waals surface area contributed by atoms with Gasteiger partial charge in [0.2, 0.25) is 0 Å². The van der Waals surface area contributed by atoms with Crippen LogP contribution in [0.15, 0.2) is 53.9 Å². The third-order valence-electron chi connectivity index (χ3n) is 3.68. The number of halogens is 3. The minimum Gasteiger partial charge on any atom is -0.487 e. The van der Waals surface area contributed by atoms with E-state index in [0.29, 0.717) is 11.3 Å². The Morgan fingerprint density at radius 1 is 1.14 bits per heavy atom. The minimum absolute atomic E-state index is 0.0653. The number of carbonyl (C=O) groups is 1. The first-order valence-corrected chi connectivity index (χ1v) is 9.42. The summed E-state index contributed by atoms with van der Waals surface area (Å²) in [6.07, 6.45) is -4.47. The average molecular weight is 422 g/mol. The van der Waals surface area contributed by atoms with Crippen LogP contribution in [-0.2, 0) is 6.61 Å². The zero-order valence-corrected chi connectivity index (χ0v) is 16.1. The molecule has 0 radical (unpaired) electrons. The first kappa shape index (κ1) is 20.7. The molecule has 0 aliphatic rings. The number of anilines is 1. The predicted molar refractivity (Wildman–Crippen MR) is 104 cm³/mol. The van der Waals surface area contributed by atoms with E-state index < -0.39 is 18.7 Å². The van der Waals surface area contributed by atoms with Crippen molar-refractivity contribution in [3.63, 3.8) is 0 Å². The zero-order valence-electron chi connectivity index (χ0n) is 15.3. The number of carbonyl (C=O) groups excluding carboxylic acids is 1. The zero-order chi connectivity index (χ0) is 20.9. The van der Waals surface area contributed by atoms with Crippen LogP contribution in [0.5, 0.6) is 11.5 Å². The number of benzene rings is 2. The summed E-state index contributed by atoms with van der Waals surface area (Å²) in [5.74, 6) is -0.0857. The normalized spacial score (nSPS) is 11.2. The van der Waals surface area contributed by atoms with E-state index >= 15 is 0 Å². The van der Waals surface area contributed by atoms with Gasteiger partial charge in [-0.15, -0.1) is 11.3 Å². The molecule has 1 heterocycles. The molecule has 0 fully saturated rings. The molecule has 0 unspecified atom stereocenters. The molecule has 3 aromatic rings. The van der Waals surface area contributed by atoms with Crippen LogP contribution in [0, 0.1) is 6.92 Å². The second kappa shape index (κ2) is 8.95. The average Bonchev–Trinajstić information content (AvgIpc) is 3.10. The van der Waals surface area contributed by atoms with Crippen molar-refractivity contribution in [2.75, 3.05) is 11.9 Å².